The van der Waals surface area contributed by atoms with Crippen LogP contribution in [0.25, 0.3) is 10.4 Å². The van der Waals surface area contributed by atoms with Crippen LogP contribution < -0.4 is 11.1 Å². The number of nitrogens with zero attached hydrogens (tertiary/aromatic N) is 6. The van der Waals surface area contributed by atoms with E-state index in [0.29, 0.717) is 57.7 Å². The van der Waals surface area contributed by atoms with Gasteiger partial charge in [-0.15, -0.1) is 0 Å². The second kappa shape index (κ2) is 15.3. The molecule has 0 unspecified atom stereocenters. The van der Waals surface area contributed by atoms with Crippen molar-refractivity contribution in [1.29, 1.82) is 0 Å². The zero-order chi connectivity index (χ0) is 27.4. The van der Waals surface area contributed by atoms with E-state index in [1.165, 1.54) is 18.2 Å². The number of nitrogens with one attached hydrogen (secondary N) is 1. The molecule has 1 aromatic rings. The van der Waals surface area contributed by atoms with Crippen molar-refractivity contribution in [3.63, 3.8) is 0 Å². The fourth-order valence-corrected chi connectivity index (χ4v) is 4.41. The lowest BCUT2D eigenvalue weighted by Crippen LogP contribution is -2.62. The standard InChI is InChI=1S/C22H36N8O7/c23-20(33)4-1-8-28(10-3-11-29-13-19(32)22(35)21(34)18(29)14-31)9-2-7-25-16-6-5-15(26-27-24)12-17(16)30(36)37/h5-6,12,18-19,21-22,25,31-32,34-35H,1-4,7-11,13-14H2,(H2,23,33)/t18-,19+,21-,22-/m1/s1. The molecule has 15 nitrogen and oxygen atoms in total. The number of carbonyl (C=O) groups is 1. The summed E-state index contributed by atoms with van der Waals surface area (Å²) in [6.07, 6.45) is -1.58. The number of benzene rings is 1. The number of piperidine rings is 1. The van der Waals surface area contributed by atoms with Gasteiger partial charge in [-0.2, -0.15) is 0 Å². The Hall–Kier alpha value is -3.04. The summed E-state index contributed by atoms with van der Waals surface area (Å²) in [5, 5.41) is 57.4. The smallest absolute Gasteiger partial charge is 0.292 e. The van der Waals surface area contributed by atoms with Gasteiger partial charge in [0.05, 0.1) is 23.7 Å². The number of hydrogen-bond acceptors (Lipinski definition) is 11. The number of nitrogens with two attached hydrogens (primary N) is 1. The van der Waals surface area contributed by atoms with Crippen molar-refractivity contribution in [3.05, 3.63) is 38.8 Å². The van der Waals surface area contributed by atoms with E-state index in [0.717, 1.165) is 0 Å². The highest BCUT2D eigenvalue weighted by atomic mass is 16.6. The number of rotatable bonds is 16. The van der Waals surface area contributed by atoms with Gasteiger partial charge < -0.3 is 36.4 Å². The maximum Gasteiger partial charge on any atom is 0.292 e. The van der Waals surface area contributed by atoms with Crippen LogP contribution in [-0.2, 0) is 4.79 Å². The van der Waals surface area contributed by atoms with Gasteiger partial charge in [0, 0.05) is 36.2 Å². The number of aliphatic hydroxyl groups is 4. The Morgan fingerprint density at radius 1 is 1.24 bits per heavy atom. The number of azide groups is 1. The van der Waals surface area contributed by atoms with Crippen LogP contribution in [0.4, 0.5) is 17.1 Å². The van der Waals surface area contributed by atoms with E-state index < -0.39 is 35.2 Å². The van der Waals surface area contributed by atoms with E-state index in [1.54, 1.807) is 4.90 Å². The molecule has 1 fully saturated rings. The number of aliphatic hydroxyl groups excluding tert-OH is 4. The van der Waals surface area contributed by atoms with Crippen LogP contribution in [0.1, 0.15) is 25.7 Å². The first-order valence-corrected chi connectivity index (χ1v) is 12.1. The summed E-state index contributed by atoms with van der Waals surface area (Å²) in [6.45, 7) is 2.55. The van der Waals surface area contributed by atoms with Gasteiger partial charge in [-0.3, -0.25) is 19.8 Å². The number of primary amides is 1. The molecule has 0 aliphatic carbocycles. The monoisotopic (exact) mass is 524 g/mol. The van der Waals surface area contributed by atoms with Crippen LogP contribution in [0.15, 0.2) is 23.3 Å². The van der Waals surface area contributed by atoms with Crippen molar-refractivity contribution in [2.24, 2.45) is 10.8 Å². The van der Waals surface area contributed by atoms with Gasteiger partial charge in [0.2, 0.25) is 5.91 Å². The summed E-state index contributed by atoms with van der Waals surface area (Å²) in [7, 11) is 0. The molecular weight excluding hydrogens is 488 g/mol. The average Bonchev–Trinajstić information content (AvgIpc) is 2.85. The molecular formula is C22H36N8O7. The van der Waals surface area contributed by atoms with Crippen LogP contribution in [0.2, 0.25) is 0 Å². The third-order valence-corrected chi connectivity index (χ3v) is 6.34. The number of β-amino-alcohol motifs (C(OH)–C–C–N with tert-alkyl or cyclic N) is 1. The van der Waals surface area contributed by atoms with Gasteiger partial charge in [-0.1, -0.05) is 11.2 Å². The molecule has 1 amide bonds. The first kappa shape index (κ1) is 30.2. The molecule has 4 atom stereocenters. The predicted molar refractivity (Wildman–Crippen MR) is 135 cm³/mol. The normalized spacial score (nSPS) is 22.0. The average molecular weight is 525 g/mol. The van der Waals surface area contributed by atoms with Crippen LogP contribution in [-0.4, -0.2) is 111 Å². The van der Waals surface area contributed by atoms with Crippen molar-refractivity contribution in [2.45, 2.75) is 50.0 Å². The van der Waals surface area contributed by atoms with Crippen molar-refractivity contribution in [2.75, 3.05) is 51.2 Å². The number of anilines is 1. The highest BCUT2D eigenvalue weighted by Gasteiger charge is 2.40. The van der Waals surface area contributed by atoms with Crippen molar-refractivity contribution >= 4 is 23.0 Å². The zero-order valence-corrected chi connectivity index (χ0v) is 20.6. The Bertz CT molecular complexity index is 946. The number of nitro groups is 1. The van der Waals surface area contributed by atoms with E-state index in [1.807, 2.05) is 0 Å². The van der Waals surface area contributed by atoms with Crippen molar-refractivity contribution < 1.29 is 30.1 Å². The minimum Gasteiger partial charge on any atom is -0.395 e. The van der Waals surface area contributed by atoms with Gasteiger partial charge in [0.1, 0.15) is 17.9 Å². The van der Waals surface area contributed by atoms with Gasteiger partial charge in [-0.05, 0) is 57.0 Å². The summed E-state index contributed by atoms with van der Waals surface area (Å²) < 4.78 is 0. The highest BCUT2D eigenvalue weighted by molar-refractivity contribution is 5.73. The summed E-state index contributed by atoms with van der Waals surface area (Å²) in [6, 6.07) is 3.50. The lowest BCUT2D eigenvalue weighted by atomic mass is 9.94. The molecule has 0 saturated carbocycles. The summed E-state index contributed by atoms with van der Waals surface area (Å²) in [5.74, 6) is -0.390. The van der Waals surface area contributed by atoms with Crippen molar-refractivity contribution in [3.8, 4) is 0 Å². The van der Waals surface area contributed by atoms with Gasteiger partial charge in [-0.25, -0.2) is 0 Å². The Morgan fingerprint density at radius 3 is 2.59 bits per heavy atom. The number of likely N-dealkylation sites (tertiary alicyclic amines) is 1. The highest BCUT2D eigenvalue weighted by Crippen LogP contribution is 2.29. The summed E-state index contributed by atoms with van der Waals surface area (Å²) >= 11 is 0. The molecule has 1 aliphatic rings. The van der Waals surface area contributed by atoms with Crippen LogP contribution in [0.5, 0.6) is 0 Å². The lowest BCUT2D eigenvalue weighted by molar-refractivity contribution is -0.383. The molecule has 0 bridgehead atoms. The van der Waals surface area contributed by atoms with E-state index in [-0.39, 0.29) is 30.9 Å². The van der Waals surface area contributed by atoms with Crippen LogP contribution >= 0.6 is 0 Å². The second-order valence-electron chi connectivity index (χ2n) is 8.99. The van der Waals surface area contributed by atoms with E-state index in [9.17, 15) is 35.3 Å². The van der Waals surface area contributed by atoms with Crippen molar-refractivity contribution in [1.82, 2.24) is 9.80 Å². The molecule has 1 aliphatic heterocycles. The minimum atomic E-state index is -1.31. The Morgan fingerprint density at radius 2 is 1.95 bits per heavy atom. The zero-order valence-electron chi connectivity index (χ0n) is 20.6. The van der Waals surface area contributed by atoms with Crippen LogP contribution in [0, 0.1) is 10.1 Å². The molecule has 1 saturated heterocycles. The topological polar surface area (TPSA) is 234 Å². The fourth-order valence-electron chi connectivity index (χ4n) is 4.41. The maximum absolute atomic E-state index is 11.4. The maximum atomic E-state index is 11.4. The quantitative estimate of drug-likeness (QED) is 0.0424. The molecule has 0 aromatic heterocycles. The Balaban J connectivity index is 1.90. The molecule has 206 valence electrons. The SMILES string of the molecule is [N-]=[N+]=Nc1ccc(NCCCN(CCCC(N)=O)CCCN2C[C@H](O)[C@@H](O)[C@H](O)[C@H]2CO)c([N+](=O)[O-])c1. The largest absolute Gasteiger partial charge is 0.395 e. The number of amides is 1. The molecule has 37 heavy (non-hydrogen) atoms. The Kier molecular flexibility index (Phi) is 12.5. The summed E-state index contributed by atoms with van der Waals surface area (Å²) in [4.78, 5) is 28.5. The third kappa shape index (κ3) is 9.40. The molecule has 1 heterocycles. The predicted octanol–water partition coefficient (Wildman–Crippen LogP) is 0.0554. The van der Waals surface area contributed by atoms with Crippen LogP contribution in [0.3, 0.4) is 0 Å². The second-order valence-corrected chi connectivity index (χ2v) is 8.99. The lowest BCUT2D eigenvalue weighted by Gasteiger charge is -2.43. The number of nitro benzene ring substituents is 1. The van der Waals surface area contributed by atoms with Gasteiger partial charge in [0.15, 0.2) is 0 Å². The minimum absolute atomic E-state index is 0.131. The molecule has 2 rings (SSSR count). The first-order valence-electron chi connectivity index (χ1n) is 12.1. The molecule has 1 aromatic carbocycles. The van der Waals surface area contributed by atoms with E-state index >= 15 is 0 Å². The first-order chi connectivity index (χ1) is 17.7. The van der Waals surface area contributed by atoms with E-state index in [4.69, 9.17) is 11.3 Å². The third-order valence-electron chi connectivity index (χ3n) is 6.34. The summed E-state index contributed by atoms with van der Waals surface area (Å²) in [5.41, 5.74) is 14.0. The van der Waals surface area contributed by atoms with Gasteiger partial charge >= 0.3 is 0 Å². The molecule has 7 N–H and O–H groups in total. The van der Waals surface area contributed by atoms with E-state index in [2.05, 4.69) is 20.2 Å². The Labute approximate surface area is 214 Å². The molecule has 15 heteroatoms. The number of carbonyl (C=O) groups excluding carboxylic acids is 1. The number of hydrogen-bond donors (Lipinski definition) is 6. The van der Waals surface area contributed by atoms with Gasteiger partial charge in [0.25, 0.3) is 5.69 Å². The molecule has 0 radical (unpaired) electrons. The fraction of sp³-hybridized carbons (Fsp3) is 0.682. The molecule has 0 spiro atoms.